The molecule has 0 unspecified atom stereocenters. The molecular formula is C20H20N4OS. The van der Waals surface area contributed by atoms with Crippen LogP contribution in [0.4, 0.5) is 10.8 Å². The summed E-state index contributed by atoms with van der Waals surface area (Å²) in [6.07, 6.45) is 2.91. The quantitative estimate of drug-likeness (QED) is 0.663. The molecule has 2 N–H and O–H groups in total. The molecule has 6 heteroatoms. The van der Waals surface area contributed by atoms with E-state index < -0.39 is 6.04 Å². The number of hydrogen-bond donors (Lipinski definition) is 2. The molecular weight excluding hydrogens is 344 g/mol. The maximum absolute atomic E-state index is 12.9. The van der Waals surface area contributed by atoms with Gasteiger partial charge in [0.25, 0.3) is 0 Å². The zero-order chi connectivity index (χ0) is 17.8. The lowest BCUT2D eigenvalue weighted by Gasteiger charge is -2.18. The van der Waals surface area contributed by atoms with E-state index in [-0.39, 0.29) is 5.91 Å². The Kier molecular flexibility index (Phi) is 4.93. The van der Waals surface area contributed by atoms with E-state index in [0.29, 0.717) is 17.5 Å². The van der Waals surface area contributed by atoms with Crippen molar-refractivity contribution in [3.63, 3.8) is 0 Å². The summed E-state index contributed by atoms with van der Waals surface area (Å²) >= 11 is 1.33. The van der Waals surface area contributed by atoms with Crippen LogP contribution in [0.3, 0.4) is 0 Å². The summed E-state index contributed by atoms with van der Waals surface area (Å²) in [4.78, 5) is 17.4. The third-order valence-electron chi connectivity index (χ3n) is 4.32. The molecule has 1 aromatic heterocycles. The first kappa shape index (κ1) is 16.7. The van der Waals surface area contributed by atoms with Crippen molar-refractivity contribution >= 4 is 28.3 Å². The van der Waals surface area contributed by atoms with Crippen molar-refractivity contribution in [3.8, 4) is 0 Å². The first-order valence-corrected chi connectivity index (χ1v) is 9.55. The van der Waals surface area contributed by atoms with Crippen molar-refractivity contribution in [2.75, 3.05) is 10.6 Å². The van der Waals surface area contributed by atoms with Crippen LogP contribution in [-0.2, 0) is 11.2 Å². The number of anilines is 2. The zero-order valence-corrected chi connectivity index (χ0v) is 15.1. The Morgan fingerprint density at radius 2 is 1.77 bits per heavy atom. The molecule has 1 aliphatic carbocycles. The molecule has 2 aromatic carbocycles. The molecule has 26 heavy (non-hydrogen) atoms. The van der Waals surface area contributed by atoms with Crippen molar-refractivity contribution in [3.05, 3.63) is 72.1 Å². The predicted molar refractivity (Wildman–Crippen MR) is 105 cm³/mol. The average Bonchev–Trinajstić information content (AvgIpc) is 3.42. The van der Waals surface area contributed by atoms with E-state index in [9.17, 15) is 4.79 Å². The third-order valence-corrected chi connectivity index (χ3v) is 4.98. The first-order valence-electron chi connectivity index (χ1n) is 8.78. The van der Waals surface area contributed by atoms with Gasteiger partial charge >= 0.3 is 0 Å². The van der Waals surface area contributed by atoms with Crippen LogP contribution in [0.25, 0.3) is 0 Å². The number of aromatic nitrogens is 2. The van der Waals surface area contributed by atoms with Gasteiger partial charge in [0.05, 0.1) is 0 Å². The molecule has 132 valence electrons. The average molecular weight is 364 g/mol. The first-order chi connectivity index (χ1) is 12.8. The van der Waals surface area contributed by atoms with Gasteiger partial charge in [0.2, 0.25) is 11.0 Å². The van der Waals surface area contributed by atoms with Gasteiger partial charge in [0.1, 0.15) is 11.9 Å². The number of para-hydroxylation sites is 1. The Morgan fingerprint density at radius 1 is 1.08 bits per heavy atom. The second-order valence-corrected chi connectivity index (χ2v) is 7.23. The summed E-state index contributed by atoms with van der Waals surface area (Å²) < 4.78 is 4.42. The number of carbonyl (C=O) groups is 1. The highest BCUT2D eigenvalue weighted by molar-refractivity contribution is 7.09. The predicted octanol–water partition coefficient (Wildman–Crippen LogP) is 4.08. The van der Waals surface area contributed by atoms with Gasteiger partial charge in [-0.15, -0.1) is 0 Å². The maximum Gasteiger partial charge on any atom is 0.247 e. The van der Waals surface area contributed by atoms with Gasteiger partial charge < -0.3 is 10.6 Å². The highest BCUT2D eigenvalue weighted by Crippen LogP contribution is 2.39. The summed E-state index contributed by atoms with van der Waals surface area (Å²) in [5.41, 5.74) is 1.88. The SMILES string of the molecule is O=C(Nc1ccccc1)[C@@H](Cc1ccccc1)Nc1nc(C2CC2)ns1. The number of carbonyl (C=O) groups excluding carboxylic acids is 1. The number of benzene rings is 2. The van der Waals surface area contributed by atoms with Gasteiger partial charge in [-0.25, -0.2) is 4.98 Å². The molecule has 1 fully saturated rings. The molecule has 0 radical (unpaired) electrons. The summed E-state index contributed by atoms with van der Waals surface area (Å²) in [6.45, 7) is 0. The molecule has 3 aromatic rings. The zero-order valence-electron chi connectivity index (χ0n) is 14.3. The van der Waals surface area contributed by atoms with Gasteiger partial charge in [0.15, 0.2) is 0 Å². The van der Waals surface area contributed by atoms with Crippen LogP contribution in [-0.4, -0.2) is 21.3 Å². The molecule has 4 rings (SSSR count). The van der Waals surface area contributed by atoms with Crippen molar-refractivity contribution in [1.29, 1.82) is 0 Å². The minimum Gasteiger partial charge on any atom is -0.348 e. The minimum absolute atomic E-state index is 0.0803. The molecule has 1 heterocycles. The van der Waals surface area contributed by atoms with Crippen molar-refractivity contribution in [2.45, 2.75) is 31.2 Å². The second-order valence-electron chi connectivity index (χ2n) is 6.47. The second kappa shape index (κ2) is 7.66. The van der Waals surface area contributed by atoms with Crippen LogP contribution in [0.5, 0.6) is 0 Å². The smallest absolute Gasteiger partial charge is 0.247 e. The summed E-state index contributed by atoms with van der Waals surface area (Å²) in [7, 11) is 0. The lowest BCUT2D eigenvalue weighted by Crippen LogP contribution is -2.36. The van der Waals surface area contributed by atoms with Crippen molar-refractivity contribution in [1.82, 2.24) is 9.36 Å². The highest BCUT2D eigenvalue weighted by Gasteiger charge is 2.28. The fourth-order valence-electron chi connectivity index (χ4n) is 2.76. The monoisotopic (exact) mass is 364 g/mol. The standard InChI is InChI=1S/C20H20N4OS/c25-19(21-16-9-5-2-6-10-16)17(13-14-7-3-1-4-8-14)22-20-23-18(24-26-20)15-11-12-15/h1-10,15,17H,11-13H2,(H,21,25)(H,22,23,24)/t17-/m1/s1. The van der Waals surface area contributed by atoms with Gasteiger partial charge in [0, 0.05) is 29.6 Å². The lowest BCUT2D eigenvalue weighted by molar-refractivity contribution is -0.116. The molecule has 0 aliphatic heterocycles. The van der Waals surface area contributed by atoms with Crippen LogP contribution in [0.2, 0.25) is 0 Å². The Morgan fingerprint density at radius 3 is 2.46 bits per heavy atom. The molecule has 1 atom stereocenters. The Bertz CT molecular complexity index is 862. The molecule has 0 spiro atoms. The van der Waals surface area contributed by atoms with Crippen molar-refractivity contribution < 1.29 is 4.79 Å². The van der Waals surface area contributed by atoms with Crippen molar-refractivity contribution in [2.24, 2.45) is 0 Å². The third kappa shape index (κ3) is 4.26. The summed E-state index contributed by atoms with van der Waals surface area (Å²) in [5, 5.41) is 6.97. The van der Waals surface area contributed by atoms with Crippen LogP contribution in [0.1, 0.15) is 30.1 Å². The van der Waals surface area contributed by atoms with Gasteiger partial charge in [-0.1, -0.05) is 48.5 Å². The van der Waals surface area contributed by atoms with Crippen LogP contribution in [0.15, 0.2) is 60.7 Å². The largest absolute Gasteiger partial charge is 0.348 e. The van der Waals surface area contributed by atoms with E-state index in [4.69, 9.17) is 0 Å². The fraction of sp³-hybridized carbons (Fsp3) is 0.250. The molecule has 5 nitrogen and oxygen atoms in total. The number of amides is 1. The van der Waals surface area contributed by atoms with E-state index >= 15 is 0 Å². The molecule has 0 bridgehead atoms. The molecule has 1 saturated carbocycles. The Balaban J connectivity index is 1.50. The maximum atomic E-state index is 12.9. The van der Waals surface area contributed by atoms with E-state index in [1.807, 2.05) is 60.7 Å². The fourth-order valence-corrected chi connectivity index (χ4v) is 3.46. The Hall–Kier alpha value is -2.73. The number of nitrogens with zero attached hydrogens (tertiary/aromatic N) is 2. The Labute approximate surface area is 156 Å². The van der Waals surface area contributed by atoms with Gasteiger partial charge in [-0.2, -0.15) is 4.37 Å². The lowest BCUT2D eigenvalue weighted by atomic mass is 10.1. The number of hydrogen-bond acceptors (Lipinski definition) is 5. The topological polar surface area (TPSA) is 66.9 Å². The number of rotatable bonds is 7. The molecule has 1 amide bonds. The van der Waals surface area contributed by atoms with E-state index in [2.05, 4.69) is 20.0 Å². The molecule has 1 aliphatic rings. The summed E-state index contributed by atoms with van der Waals surface area (Å²) in [5.74, 6) is 1.33. The van der Waals surface area contributed by atoms with Gasteiger partial charge in [-0.05, 0) is 30.5 Å². The minimum atomic E-state index is -0.419. The normalized spacial score (nSPS) is 14.6. The van der Waals surface area contributed by atoms with E-state index in [0.717, 1.165) is 29.9 Å². The van der Waals surface area contributed by atoms with E-state index in [1.54, 1.807) is 0 Å². The molecule has 0 saturated heterocycles. The highest BCUT2D eigenvalue weighted by atomic mass is 32.1. The van der Waals surface area contributed by atoms with Crippen LogP contribution >= 0.6 is 11.5 Å². The van der Waals surface area contributed by atoms with Gasteiger partial charge in [-0.3, -0.25) is 4.79 Å². The van der Waals surface area contributed by atoms with Crippen LogP contribution in [0, 0.1) is 0 Å². The number of nitrogens with one attached hydrogen (secondary N) is 2. The van der Waals surface area contributed by atoms with Crippen LogP contribution < -0.4 is 10.6 Å². The summed E-state index contributed by atoms with van der Waals surface area (Å²) in [6, 6.07) is 19.1. The van der Waals surface area contributed by atoms with E-state index in [1.165, 1.54) is 11.5 Å².